The molecule has 0 radical (unpaired) electrons. The minimum atomic E-state index is -1.35. The van der Waals surface area contributed by atoms with E-state index >= 15 is 0 Å². The van der Waals surface area contributed by atoms with Crippen molar-refractivity contribution in [3.05, 3.63) is 192 Å². The van der Waals surface area contributed by atoms with Crippen molar-refractivity contribution in [2.75, 3.05) is 0 Å². The number of aromatic nitrogens is 4. The van der Waals surface area contributed by atoms with Gasteiger partial charge in [-0.25, -0.2) is 9.97 Å². The molecule has 0 saturated heterocycles. The highest BCUT2D eigenvalue weighted by Crippen LogP contribution is 2.24. The Balaban J connectivity index is 0.000000198. The summed E-state index contributed by atoms with van der Waals surface area (Å²) in [6.07, 6.45) is 7.47. The molecule has 58 heavy (non-hydrogen) atoms. The average molecular weight is 903 g/mol. The lowest BCUT2D eigenvalue weighted by Crippen LogP contribution is -2.29. The van der Waals surface area contributed by atoms with E-state index in [-0.39, 0.29) is 0 Å². The van der Waals surface area contributed by atoms with E-state index in [1.807, 2.05) is 50.6 Å². The molecule has 9 heteroatoms. The Labute approximate surface area is 363 Å². The van der Waals surface area contributed by atoms with Gasteiger partial charge in [0.25, 0.3) is 0 Å². The van der Waals surface area contributed by atoms with E-state index in [4.69, 9.17) is 10.0 Å². The number of nitrogens with zero attached hydrogens (tertiary/aromatic N) is 4. The average Bonchev–Trinajstić information content (AvgIpc) is 3.18. The van der Waals surface area contributed by atoms with Crippen LogP contribution in [0.3, 0.4) is 0 Å². The standard InChI is InChI=1S/2C14H15N.C7H9BO2.2C7H8BrN/c1-10-5-4-6-13(7-10)14-8-11(2)12(3)9-15-14;1-10-5-4-6-13(9-10)14-12(3)11(2)7-8-15-14;1-6-3-2-4-7(5-6)8(9)10;1-5-3-7(8)9-4-6(5)2;1-5-3-4-9-7(8)6(5)2/h2*4-9H,1-3H3;2-5,9-10H,1H3;2*3-4H,1-2H3. The summed E-state index contributed by atoms with van der Waals surface area (Å²) >= 11 is 6.62. The summed E-state index contributed by atoms with van der Waals surface area (Å²) in [6, 6.07) is 32.2. The SMILES string of the molecule is Cc1cccc(-c2cc(C)c(C)cn2)c1.Cc1cccc(-c2nccc(C)c2C)c1.Cc1cccc(B(O)O)c1.Cc1ccnc(Br)c1C.Cc1cnc(Br)cc1C. The van der Waals surface area contributed by atoms with Crippen LogP contribution in [0.15, 0.2) is 131 Å². The second-order valence-corrected chi connectivity index (χ2v) is 16.0. The summed E-state index contributed by atoms with van der Waals surface area (Å²) < 4.78 is 1.85. The first-order valence-corrected chi connectivity index (χ1v) is 20.6. The van der Waals surface area contributed by atoms with Gasteiger partial charge in [-0.1, -0.05) is 77.4 Å². The van der Waals surface area contributed by atoms with Gasteiger partial charge in [0.05, 0.1) is 11.4 Å². The number of pyridine rings is 4. The third kappa shape index (κ3) is 15.5. The minimum Gasteiger partial charge on any atom is -0.423 e. The third-order valence-corrected chi connectivity index (χ3v) is 10.8. The van der Waals surface area contributed by atoms with Crippen LogP contribution < -0.4 is 5.46 Å². The predicted octanol–water partition coefficient (Wildman–Crippen LogP) is 11.9. The van der Waals surface area contributed by atoms with Gasteiger partial charge in [-0.05, 0) is 194 Å². The first kappa shape index (κ1) is 47.6. The minimum absolute atomic E-state index is 0.542. The van der Waals surface area contributed by atoms with Gasteiger partial charge in [0.1, 0.15) is 9.21 Å². The molecule has 3 aromatic carbocycles. The van der Waals surface area contributed by atoms with Crippen molar-refractivity contribution in [2.24, 2.45) is 0 Å². The maximum absolute atomic E-state index is 8.70. The lowest BCUT2D eigenvalue weighted by molar-refractivity contribution is 0.425. The second-order valence-electron chi connectivity index (χ2n) is 14.4. The Hall–Kier alpha value is -4.80. The number of rotatable bonds is 3. The molecule has 6 nitrogen and oxygen atoms in total. The molecule has 0 unspecified atom stereocenters. The molecular formula is C49H55BBr2N4O2. The molecule has 4 heterocycles. The number of hydrogen-bond acceptors (Lipinski definition) is 6. The van der Waals surface area contributed by atoms with Gasteiger partial charge >= 0.3 is 7.12 Å². The Kier molecular flexibility index (Phi) is 19.3. The van der Waals surface area contributed by atoms with Gasteiger partial charge < -0.3 is 10.0 Å². The molecule has 4 aromatic heterocycles. The van der Waals surface area contributed by atoms with Crippen molar-refractivity contribution < 1.29 is 10.0 Å². The number of aryl methyl sites for hydroxylation is 9. The third-order valence-electron chi connectivity index (χ3n) is 9.55. The maximum atomic E-state index is 8.70. The molecule has 2 N–H and O–H groups in total. The van der Waals surface area contributed by atoms with Crippen LogP contribution in [0.2, 0.25) is 0 Å². The zero-order chi connectivity index (χ0) is 42.9. The van der Waals surface area contributed by atoms with E-state index in [9.17, 15) is 0 Å². The molecule has 0 spiro atoms. The maximum Gasteiger partial charge on any atom is 0.488 e. The molecule has 0 atom stereocenters. The van der Waals surface area contributed by atoms with Crippen LogP contribution in [0.5, 0.6) is 0 Å². The fourth-order valence-corrected chi connectivity index (χ4v) is 6.20. The largest absolute Gasteiger partial charge is 0.488 e. The first-order chi connectivity index (χ1) is 27.5. The zero-order valence-corrected chi connectivity index (χ0v) is 38.7. The van der Waals surface area contributed by atoms with E-state index in [0.29, 0.717) is 5.46 Å². The van der Waals surface area contributed by atoms with Crippen molar-refractivity contribution in [1.82, 2.24) is 19.9 Å². The Morgan fingerprint density at radius 2 is 0.948 bits per heavy atom. The number of benzene rings is 3. The van der Waals surface area contributed by atoms with Crippen LogP contribution in [0.25, 0.3) is 22.5 Å². The quantitative estimate of drug-likeness (QED) is 0.136. The van der Waals surface area contributed by atoms with Crippen LogP contribution in [-0.4, -0.2) is 37.1 Å². The lowest BCUT2D eigenvalue weighted by atomic mass is 9.80. The molecule has 7 aromatic rings. The highest BCUT2D eigenvalue weighted by Gasteiger charge is 2.09. The molecule has 300 valence electrons. The Morgan fingerprint density at radius 1 is 0.448 bits per heavy atom. The number of hydrogen-bond donors (Lipinski definition) is 2. The van der Waals surface area contributed by atoms with Gasteiger partial charge in [0.2, 0.25) is 0 Å². The highest BCUT2D eigenvalue weighted by molar-refractivity contribution is 9.10. The normalized spacial score (nSPS) is 9.98. The summed E-state index contributed by atoms with van der Waals surface area (Å²) in [5.41, 5.74) is 18.8. The van der Waals surface area contributed by atoms with Crippen molar-refractivity contribution >= 4 is 44.4 Å². The molecule has 0 aliphatic heterocycles. The molecule has 0 amide bonds. The van der Waals surface area contributed by atoms with E-state index < -0.39 is 7.12 Å². The second kappa shape index (κ2) is 23.6. The van der Waals surface area contributed by atoms with Gasteiger partial charge in [0, 0.05) is 35.9 Å². The van der Waals surface area contributed by atoms with Crippen molar-refractivity contribution in [3.8, 4) is 22.5 Å². The van der Waals surface area contributed by atoms with Gasteiger partial charge in [-0.2, -0.15) is 0 Å². The zero-order valence-electron chi connectivity index (χ0n) is 35.6. The smallest absolute Gasteiger partial charge is 0.423 e. The monoisotopic (exact) mass is 900 g/mol. The van der Waals surface area contributed by atoms with Crippen LogP contribution >= 0.6 is 31.9 Å². The molecular weight excluding hydrogens is 847 g/mol. The van der Waals surface area contributed by atoms with Crippen LogP contribution in [0.4, 0.5) is 0 Å². The van der Waals surface area contributed by atoms with Crippen molar-refractivity contribution in [1.29, 1.82) is 0 Å². The van der Waals surface area contributed by atoms with E-state index in [1.165, 1.54) is 66.8 Å². The van der Waals surface area contributed by atoms with E-state index in [0.717, 1.165) is 26.2 Å². The lowest BCUT2D eigenvalue weighted by Gasteiger charge is -2.07. The summed E-state index contributed by atoms with van der Waals surface area (Å²) in [6.45, 7) is 22.8. The molecule has 7 rings (SSSR count). The van der Waals surface area contributed by atoms with Crippen molar-refractivity contribution in [2.45, 2.75) is 76.2 Å². The van der Waals surface area contributed by atoms with Gasteiger partial charge in [-0.3, -0.25) is 9.97 Å². The predicted molar refractivity (Wildman–Crippen MR) is 252 cm³/mol. The molecule has 0 aliphatic rings. The highest BCUT2D eigenvalue weighted by atomic mass is 79.9. The van der Waals surface area contributed by atoms with Crippen LogP contribution in [-0.2, 0) is 0 Å². The molecule has 0 fully saturated rings. The van der Waals surface area contributed by atoms with Crippen molar-refractivity contribution in [3.63, 3.8) is 0 Å². The van der Waals surface area contributed by atoms with Gasteiger partial charge in [-0.15, -0.1) is 0 Å². The first-order valence-electron chi connectivity index (χ1n) is 19.1. The Morgan fingerprint density at radius 3 is 1.43 bits per heavy atom. The topological polar surface area (TPSA) is 92.0 Å². The molecule has 0 aliphatic carbocycles. The Bertz CT molecular complexity index is 2380. The summed E-state index contributed by atoms with van der Waals surface area (Å²) in [5, 5.41) is 17.4. The number of halogens is 2. The fraction of sp³-hybridized carbons (Fsp3) is 0.224. The fourth-order valence-electron chi connectivity index (χ4n) is 5.32. The summed E-state index contributed by atoms with van der Waals surface area (Å²) in [4.78, 5) is 17.0. The molecule has 0 bridgehead atoms. The van der Waals surface area contributed by atoms with Crippen LogP contribution in [0, 0.1) is 76.2 Å². The summed E-state index contributed by atoms with van der Waals surface area (Å²) in [7, 11) is -1.35. The van der Waals surface area contributed by atoms with Crippen LogP contribution in [0.1, 0.15) is 61.2 Å². The van der Waals surface area contributed by atoms with Gasteiger partial charge in [0.15, 0.2) is 0 Å². The summed E-state index contributed by atoms with van der Waals surface area (Å²) in [5.74, 6) is 0. The van der Waals surface area contributed by atoms with E-state index in [1.54, 1.807) is 24.4 Å². The van der Waals surface area contributed by atoms with E-state index in [2.05, 4.69) is 175 Å². The molecule has 0 saturated carbocycles.